The number of nitrogens with one attached hydrogen (secondary N) is 3. The Kier molecular flexibility index (Phi) is 4.79. The molecule has 2 rings (SSSR count). The van der Waals surface area contributed by atoms with Gasteiger partial charge in [0.05, 0.1) is 10.7 Å². The van der Waals surface area contributed by atoms with Crippen molar-refractivity contribution in [1.29, 1.82) is 0 Å². The Balaban J connectivity index is 2.01. The van der Waals surface area contributed by atoms with Gasteiger partial charge in [0.1, 0.15) is 0 Å². The van der Waals surface area contributed by atoms with Crippen molar-refractivity contribution >= 4 is 40.6 Å². The zero-order valence-electron chi connectivity index (χ0n) is 11.3. The number of carbonyl (C=O) groups excluding carboxylic acids is 2. The minimum Gasteiger partial charge on any atom is -0.325 e. The van der Waals surface area contributed by atoms with Crippen LogP contribution in [0.1, 0.15) is 6.92 Å². The second-order valence-corrected chi connectivity index (χ2v) is 4.73. The molecule has 0 aliphatic heterocycles. The van der Waals surface area contributed by atoms with E-state index in [-0.39, 0.29) is 11.9 Å². The van der Waals surface area contributed by atoms with Gasteiger partial charge in [0.15, 0.2) is 0 Å². The molecule has 0 fully saturated rings. The van der Waals surface area contributed by atoms with Crippen LogP contribution in [0, 0.1) is 0 Å². The topological polar surface area (TPSA) is 70.2 Å². The summed E-state index contributed by atoms with van der Waals surface area (Å²) in [5.41, 5.74) is 1.72. The molecule has 2 aromatic carbocycles. The Bertz CT molecular complexity index is 659. The molecular formula is C15H14ClN3O2. The summed E-state index contributed by atoms with van der Waals surface area (Å²) in [6, 6.07) is 13.6. The summed E-state index contributed by atoms with van der Waals surface area (Å²) in [6.45, 7) is 1.40. The molecule has 0 atom stereocenters. The van der Waals surface area contributed by atoms with E-state index in [1.807, 2.05) is 18.2 Å². The molecule has 5 nitrogen and oxygen atoms in total. The van der Waals surface area contributed by atoms with Crippen LogP contribution in [-0.2, 0) is 4.79 Å². The Hall–Kier alpha value is -2.53. The van der Waals surface area contributed by atoms with Crippen molar-refractivity contribution in [3.8, 4) is 0 Å². The minimum atomic E-state index is -0.371. The first-order valence-electron chi connectivity index (χ1n) is 6.25. The molecule has 0 saturated heterocycles. The predicted octanol–water partition coefficient (Wildman–Crippen LogP) is 3.94. The fourth-order valence-corrected chi connectivity index (χ4v) is 1.93. The first kappa shape index (κ1) is 14.9. The standard InChI is InChI=1S/C15H14ClN3O2/c1-10(20)17-14-8-7-12(9-13(14)16)19-15(21)18-11-5-3-2-4-6-11/h2-9H,1H3,(H,17,20)(H2,18,19,21). The van der Waals surface area contributed by atoms with Crippen molar-refractivity contribution in [3.63, 3.8) is 0 Å². The van der Waals surface area contributed by atoms with Gasteiger partial charge in [-0.1, -0.05) is 29.8 Å². The highest BCUT2D eigenvalue weighted by Crippen LogP contribution is 2.25. The molecule has 0 aliphatic carbocycles. The maximum atomic E-state index is 11.8. The quantitative estimate of drug-likeness (QED) is 0.803. The van der Waals surface area contributed by atoms with Crippen molar-refractivity contribution in [2.24, 2.45) is 0 Å². The molecule has 0 unspecified atom stereocenters. The summed E-state index contributed by atoms with van der Waals surface area (Å²) >= 11 is 6.03. The maximum absolute atomic E-state index is 11.8. The first-order chi connectivity index (χ1) is 10.0. The van der Waals surface area contributed by atoms with Crippen LogP contribution in [0.15, 0.2) is 48.5 Å². The number of hydrogen-bond donors (Lipinski definition) is 3. The van der Waals surface area contributed by atoms with Gasteiger partial charge in [0.2, 0.25) is 5.91 Å². The van der Waals surface area contributed by atoms with Crippen LogP contribution in [0.5, 0.6) is 0 Å². The Morgan fingerprint density at radius 2 is 1.57 bits per heavy atom. The highest BCUT2D eigenvalue weighted by Gasteiger charge is 2.06. The van der Waals surface area contributed by atoms with Gasteiger partial charge in [-0.05, 0) is 30.3 Å². The normalized spacial score (nSPS) is 9.81. The van der Waals surface area contributed by atoms with Crippen LogP contribution in [0.4, 0.5) is 21.9 Å². The molecule has 0 aliphatic rings. The largest absolute Gasteiger partial charge is 0.325 e. The van der Waals surface area contributed by atoms with Crippen LogP contribution >= 0.6 is 11.6 Å². The highest BCUT2D eigenvalue weighted by molar-refractivity contribution is 6.34. The van der Waals surface area contributed by atoms with Gasteiger partial charge in [0.25, 0.3) is 0 Å². The molecule has 21 heavy (non-hydrogen) atoms. The van der Waals surface area contributed by atoms with Crippen molar-refractivity contribution in [2.45, 2.75) is 6.92 Å². The van der Waals surface area contributed by atoms with Gasteiger partial charge in [-0.2, -0.15) is 0 Å². The molecule has 6 heteroatoms. The zero-order chi connectivity index (χ0) is 15.2. The number of urea groups is 1. The van der Waals surface area contributed by atoms with Crippen molar-refractivity contribution in [3.05, 3.63) is 53.6 Å². The van der Waals surface area contributed by atoms with E-state index in [1.54, 1.807) is 30.3 Å². The summed E-state index contributed by atoms with van der Waals surface area (Å²) < 4.78 is 0. The average Bonchev–Trinajstić information content (AvgIpc) is 2.42. The third kappa shape index (κ3) is 4.50. The Morgan fingerprint density at radius 1 is 0.905 bits per heavy atom. The number of amides is 3. The van der Waals surface area contributed by atoms with E-state index < -0.39 is 0 Å². The summed E-state index contributed by atoms with van der Waals surface area (Å²) in [5, 5.41) is 8.30. The van der Waals surface area contributed by atoms with Crippen LogP contribution in [0.25, 0.3) is 0 Å². The number of rotatable bonds is 3. The van der Waals surface area contributed by atoms with E-state index in [1.165, 1.54) is 6.92 Å². The second kappa shape index (κ2) is 6.76. The van der Waals surface area contributed by atoms with E-state index in [9.17, 15) is 9.59 Å². The van der Waals surface area contributed by atoms with Crippen molar-refractivity contribution in [1.82, 2.24) is 0 Å². The number of anilines is 3. The number of para-hydroxylation sites is 1. The van der Waals surface area contributed by atoms with Crippen molar-refractivity contribution < 1.29 is 9.59 Å². The maximum Gasteiger partial charge on any atom is 0.323 e. The monoisotopic (exact) mass is 303 g/mol. The minimum absolute atomic E-state index is 0.209. The van der Waals surface area contributed by atoms with Gasteiger partial charge in [-0.25, -0.2) is 4.79 Å². The highest BCUT2D eigenvalue weighted by atomic mass is 35.5. The zero-order valence-corrected chi connectivity index (χ0v) is 12.1. The van der Waals surface area contributed by atoms with Gasteiger partial charge in [-0.3, -0.25) is 4.79 Å². The van der Waals surface area contributed by atoms with Crippen LogP contribution in [0.3, 0.4) is 0 Å². The predicted molar refractivity (Wildman–Crippen MR) is 84.8 cm³/mol. The Labute approximate surface area is 127 Å². The Morgan fingerprint density at radius 3 is 2.19 bits per heavy atom. The van der Waals surface area contributed by atoms with Gasteiger partial charge in [0, 0.05) is 18.3 Å². The van der Waals surface area contributed by atoms with E-state index >= 15 is 0 Å². The van der Waals surface area contributed by atoms with E-state index in [2.05, 4.69) is 16.0 Å². The number of hydrogen-bond acceptors (Lipinski definition) is 2. The fourth-order valence-electron chi connectivity index (χ4n) is 1.70. The summed E-state index contributed by atoms with van der Waals surface area (Å²) in [4.78, 5) is 22.8. The summed E-state index contributed by atoms with van der Waals surface area (Å²) in [7, 11) is 0. The third-order valence-corrected chi connectivity index (χ3v) is 2.88. The lowest BCUT2D eigenvalue weighted by molar-refractivity contribution is -0.114. The molecule has 0 spiro atoms. The average molecular weight is 304 g/mol. The molecule has 2 aromatic rings. The summed E-state index contributed by atoms with van der Waals surface area (Å²) in [6.07, 6.45) is 0. The molecule has 108 valence electrons. The van der Waals surface area contributed by atoms with Crippen LogP contribution in [-0.4, -0.2) is 11.9 Å². The third-order valence-electron chi connectivity index (χ3n) is 2.57. The van der Waals surface area contributed by atoms with Crippen molar-refractivity contribution in [2.75, 3.05) is 16.0 Å². The number of halogens is 1. The van der Waals surface area contributed by atoms with Crippen LogP contribution < -0.4 is 16.0 Å². The first-order valence-corrected chi connectivity index (χ1v) is 6.62. The SMILES string of the molecule is CC(=O)Nc1ccc(NC(=O)Nc2ccccc2)cc1Cl. The lowest BCUT2D eigenvalue weighted by Gasteiger charge is -2.10. The van der Waals surface area contributed by atoms with E-state index in [0.29, 0.717) is 22.1 Å². The van der Waals surface area contributed by atoms with E-state index in [0.717, 1.165) is 0 Å². The number of benzene rings is 2. The molecule has 0 heterocycles. The number of carbonyl (C=O) groups is 2. The fraction of sp³-hybridized carbons (Fsp3) is 0.0667. The molecule has 0 radical (unpaired) electrons. The van der Waals surface area contributed by atoms with Gasteiger partial charge >= 0.3 is 6.03 Å². The molecular weight excluding hydrogens is 290 g/mol. The molecule has 3 N–H and O–H groups in total. The van der Waals surface area contributed by atoms with Gasteiger partial charge < -0.3 is 16.0 Å². The molecule has 0 aromatic heterocycles. The molecule has 0 saturated carbocycles. The second-order valence-electron chi connectivity index (χ2n) is 4.32. The molecule has 3 amide bonds. The molecule has 0 bridgehead atoms. The smallest absolute Gasteiger partial charge is 0.323 e. The lowest BCUT2D eigenvalue weighted by Crippen LogP contribution is -2.19. The van der Waals surface area contributed by atoms with E-state index in [4.69, 9.17) is 11.6 Å². The lowest BCUT2D eigenvalue weighted by atomic mass is 10.2. The van der Waals surface area contributed by atoms with Gasteiger partial charge in [-0.15, -0.1) is 0 Å². The summed E-state index contributed by atoms with van der Waals surface area (Å²) in [5.74, 6) is -0.209. The van der Waals surface area contributed by atoms with Crippen LogP contribution in [0.2, 0.25) is 5.02 Å².